The Labute approximate surface area is 105 Å². The van der Waals surface area contributed by atoms with Gasteiger partial charge in [-0.15, -0.1) is 0 Å². The molecule has 86 valence electrons. The molecule has 3 heteroatoms. The third kappa shape index (κ3) is 5.72. The minimum atomic E-state index is 0.461. The molecular formula is C11H22Br2O. The lowest BCUT2D eigenvalue weighted by Gasteiger charge is -2.29. The summed E-state index contributed by atoms with van der Waals surface area (Å²) in [7, 11) is 1.77. The van der Waals surface area contributed by atoms with E-state index in [9.17, 15) is 0 Å². The van der Waals surface area contributed by atoms with Crippen molar-refractivity contribution in [2.75, 3.05) is 24.4 Å². The van der Waals surface area contributed by atoms with Gasteiger partial charge in [0.25, 0.3) is 0 Å². The van der Waals surface area contributed by atoms with Gasteiger partial charge in [-0.2, -0.15) is 0 Å². The van der Waals surface area contributed by atoms with Crippen LogP contribution in [0.4, 0.5) is 0 Å². The molecule has 0 saturated carbocycles. The molecule has 0 N–H and O–H groups in total. The van der Waals surface area contributed by atoms with Crippen LogP contribution >= 0.6 is 31.9 Å². The van der Waals surface area contributed by atoms with Crippen LogP contribution in [-0.4, -0.2) is 24.4 Å². The van der Waals surface area contributed by atoms with Crippen LogP contribution in [0.25, 0.3) is 0 Å². The summed E-state index contributed by atoms with van der Waals surface area (Å²) in [6, 6.07) is 0. The molecule has 0 rings (SSSR count). The van der Waals surface area contributed by atoms with Gasteiger partial charge in [0.15, 0.2) is 0 Å². The standard InChI is InChI=1S/C11H22Br2O/c1-3-6-11(9-12,10-13)7-4-5-8-14-2/h3-10H2,1-2H3. The Morgan fingerprint density at radius 1 is 1.07 bits per heavy atom. The van der Waals surface area contributed by atoms with Gasteiger partial charge in [0, 0.05) is 24.4 Å². The van der Waals surface area contributed by atoms with Gasteiger partial charge in [0.1, 0.15) is 0 Å². The third-order valence-corrected chi connectivity index (χ3v) is 5.03. The summed E-state index contributed by atoms with van der Waals surface area (Å²) in [5, 5.41) is 2.21. The average Bonchev–Trinajstić information content (AvgIpc) is 2.23. The summed E-state index contributed by atoms with van der Waals surface area (Å²) in [6.45, 7) is 3.15. The summed E-state index contributed by atoms with van der Waals surface area (Å²) in [5.74, 6) is 0. The molecule has 0 spiro atoms. The number of unbranched alkanes of at least 4 members (excludes halogenated alkanes) is 1. The quantitative estimate of drug-likeness (QED) is 0.450. The molecule has 0 aliphatic rings. The Balaban J connectivity index is 3.82. The normalized spacial score (nSPS) is 12.0. The van der Waals surface area contributed by atoms with Crippen LogP contribution in [0.3, 0.4) is 0 Å². The van der Waals surface area contributed by atoms with E-state index in [0.29, 0.717) is 5.41 Å². The largest absolute Gasteiger partial charge is 0.385 e. The molecule has 0 saturated heterocycles. The van der Waals surface area contributed by atoms with E-state index >= 15 is 0 Å². The van der Waals surface area contributed by atoms with Crippen molar-refractivity contribution < 1.29 is 4.74 Å². The van der Waals surface area contributed by atoms with Crippen LogP contribution in [0, 0.1) is 5.41 Å². The lowest BCUT2D eigenvalue weighted by Crippen LogP contribution is -2.24. The topological polar surface area (TPSA) is 9.23 Å². The molecule has 0 aromatic heterocycles. The number of hydrogen-bond donors (Lipinski definition) is 0. The SMILES string of the molecule is CCCC(CBr)(CBr)CCCCOC. The molecule has 0 atom stereocenters. The lowest BCUT2D eigenvalue weighted by atomic mass is 9.83. The third-order valence-electron chi connectivity index (χ3n) is 2.65. The highest BCUT2D eigenvalue weighted by Crippen LogP contribution is 2.34. The van der Waals surface area contributed by atoms with Crippen LogP contribution in [-0.2, 0) is 4.74 Å². The number of rotatable bonds is 9. The van der Waals surface area contributed by atoms with Gasteiger partial charge in [-0.25, -0.2) is 0 Å². The van der Waals surface area contributed by atoms with E-state index in [0.717, 1.165) is 17.3 Å². The monoisotopic (exact) mass is 328 g/mol. The second kappa shape index (κ2) is 9.17. The number of ether oxygens (including phenoxy) is 1. The zero-order valence-electron chi connectivity index (χ0n) is 9.32. The predicted molar refractivity (Wildman–Crippen MR) is 70.7 cm³/mol. The molecule has 0 aliphatic carbocycles. The number of hydrogen-bond acceptors (Lipinski definition) is 1. The molecule has 14 heavy (non-hydrogen) atoms. The maximum atomic E-state index is 5.06. The Bertz CT molecular complexity index is 124. The van der Waals surface area contributed by atoms with Crippen molar-refractivity contribution in [2.45, 2.75) is 39.0 Å². The van der Waals surface area contributed by atoms with Crippen molar-refractivity contribution in [2.24, 2.45) is 5.41 Å². The molecule has 0 amide bonds. The van der Waals surface area contributed by atoms with Crippen LogP contribution in [0.5, 0.6) is 0 Å². The Morgan fingerprint density at radius 3 is 2.14 bits per heavy atom. The van der Waals surface area contributed by atoms with Gasteiger partial charge in [-0.05, 0) is 24.7 Å². The van der Waals surface area contributed by atoms with Crippen LogP contribution in [0.1, 0.15) is 39.0 Å². The Kier molecular flexibility index (Phi) is 9.77. The first kappa shape index (κ1) is 14.9. The van der Waals surface area contributed by atoms with Crippen LogP contribution < -0.4 is 0 Å². The predicted octanol–water partition coefficient (Wildman–Crippen LogP) is 4.38. The Morgan fingerprint density at radius 2 is 1.71 bits per heavy atom. The van der Waals surface area contributed by atoms with Crippen molar-refractivity contribution in [3.8, 4) is 0 Å². The fourth-order valence-corrected chi connectivity index (χ4v) is 3.75. The van der Waals surface area contributed by atoms with Gasteiger partial charge < -0.3 is 4.74 Å². The highest BCUT2D eigenvalue weighted by molar-refractivity contribution is 9.09. The minimum Gasteiger partial charge on any atom is -0.385 e. The number of alkyl halides is 2. The van der Waals surface area contributed by atoms with E-state index in [1.54, 1.807) is 7.11 Å². The average molecular weight is 330 g/mol. The molecule has 0 unspecified atom stereocenters. The van der Waals surface area contributed by atoms with Crippen molar-refractivity contribution in [3.05, 3.63) is 0 Å². The van der Waals surface area contributed by atoms with E-state index < -0.39 is 0 Å². The number of methoxy groups -OCH3 is 1. The van der Waals surface area contributed by atoms with Gasteiger partial charge >= 0.3 is 0 Å². The van der Waals surface area contributed by atoms with Crippen LogP contribution in [0.2, 0.25) is 0 Å². The second-order valence-electron chi connectivity index (χ2n) is 3.97. The maximum absolute atomic E-state index is 5.06. The summed E-state index contributed by atoms with van der Waals surface area (Å²) in [4.78, 5) is 0. The highest BCUT2D eigenvalue weighted by Gasteiger charge is 2.25. The fraction of sp³-hybridized carbons (Fsp3) is 1.00. The summed E-state index contributed by atoms with van der Waals surface area (Å²) < 4.78 is 5.06. The minimum absolute atomic E-state index is 0.461. The van der Waals surface area contributed by atoms with Gasteiger partial charge in [-0.1, -0.05) is 51.6 Å². The molecule has 0 radical (unpaired) electrons. The molecule has 0 aromatic carbocycles. The lowest BCUT2D eigenvalue weighted by molar-refractivity contribution is 0.185. The Hall–Kier alpha value is 0.920. The molecular weight excluding hydrogens is 308 g/mol. The van der Waals surface area contributed by atoms with Crippen molar-refractivity contribution >= 4 is 31.9 Å². The van der Waals surface area contributed by atoms with E-state index in [1.807, 2.05) is 0 Å². The smallest absolute Gasteiger partial charge is 0.0462 e. The first-order valence-electron chi connectivity index (χ1n) is 5.35. The zero-order chi connectivity index (χ0) is 10.9. The van der Waals surface area contributed by atoms with E-state index in [1.165, 1.54) is 32.1 Å². The molecule has 0 aliphatic heterocycles. The van der Waals surface area contributed by atoms with Gasteiger partial charge in [0.05, 0.1) is 0 Å². The van der Waals surface area contributed by atoms with Gasteiger partial charge in [0.2, 0.25) is 0 Å². The summed E-state index contributed by atoms with van der Waals surface area (Å²) in [5.41, 5.74) is 0.461. The van der Waals surface area contributed by atoms with Crippen molar-refractivity contribution in [3.63, 3.8) is 0 Å². The van der Waals surface area contributed by atoms with Crippen LogP contribution in [0.15, 0.2) is 0 Å². The summed E-state index contributed by atoms with van der Waals surface area (Å²) in [6.07, 6.45) is 6.31. The molecule has 0 heterocycles. The molecule has 0 bridgehead atoms. The zero-order valence-corrected chi connectivity index (χ0v) is 12.5. The molecule has 1 nitrogen and oxygen atoms in total. The fourth-order valence-electron chi connectivity index (χ4n) is 1.70. The maximum Gasteiger partial charge on any atom is 0.0462 e. The summed E-state index contributed by atoms with van der Waals surface area (Å²) >= 11 is 7.28. The van der Waals surface area contributed by atoms with E-state index in [4.69, 9.17) is 4.74 Å². The second-order valence-corrected chi connectivity index (χ2v) is 5.09. The van der Waals surface area contributed by atoms with Crippen molar-refractivity contribution in [1.82, 2.24) is 0 Å². The van der Waals surface area contributed by atoms with E-state index in [-0.39, 0.29) is 0 Å². The number of halogens is 2. The van der Waals surface area contributed by atoms with E-state index in [2.05, 4.69) is 38.8 Å². The van der Waals surface area contributed by atoms with Gasteiger partial charge in [-0.3, -0.25) is 0 Å². The highest BCUT2D eigenvalue weighted by atomic mass is 79.9. The molecule has 0 fully saturated rings. The molecule has 0 aromatic rings. The first-order valence-corrected chi connectivity index (χ1v) is 7.60. The first-order chi connectivity index (χ1) is 6.74. The van der Waals surface area contributed by atoms with Crippen molar-refractivity contribution in [1.29, 1.82) is 0 Å².